The topological polar surface area (TPSA) is 42.7 Å². The summed E-state index contributed by atoms with van der Waals surface area (Å²) in [7, 11) is 0. The van der Waals surface area contributed by atoms with E-state index in [1.807, 2.05) is 54.6 Å². The molecule has 0 saturated heterocycles. The number of hydrogen-bond donors (Lipinski definition) is 0. The molecule has 1 aromatic heterocycles. The minimum absolute atomic E-state index is 0.0450. The van der Waals surface area contributed by atoms with Crippen molar-refractivity contribution in [1.82, 2.24) is 4.90 Å². The number of benzene rings is 2. The van der Waals surface area contributed by atoms with Crippen molar-refractivity contribution in [2.75, 3.05) is 6.61 Å². The molecular formula is C22H22ClNO3. The Morgan fingerprint density at radius 1 is 1.04 bits per heavy atom. The zero-order chi connectivity index (χ0) is 19.1. The predicted octanol–water partition coefficient (Wildman–Crippen LogP) is 5.10. The Kier molecular flexibility index (Phi) is 6.55. The fourth-order valence-corrected chi connectivity index (χ4v) is 2.91. The Bertz CT molecular complexity index is 860. The maximum atomic E-state index is 12.8. The third kappa shape index (κ3) is 5.38. The summed E-state index contributed by atoms with van der Waals surface area (Å²) < 4.78 is 11.1. The predicted molar refractivity (Wildman–Crippen MR) is 106 cm³/mol. The number of aryl methyl sites for hydroxylation is 1. The molecule has 140 valence electrons. The van der Waals surface area contributed by atoms with Crippen LogP contribution in [-0.4, -0.2) is 17.4 Å². The number of nitrogens with zero attached hydrogens (tertiary/aromatic N) is 1. The van der Waals surface area contributed by atoms with E-state index in [4.69, 9.17) is 20.8 Å². The molecule has 2 aromatic carbocycles. The highest BCUT2D eigenvalue weighted by Crippen LogP contribution is 2.19. The molecule has 0 N–H and O–H groups in total. The Morgan fingerprint density at radius 3 is 2.48 bits per heavy atom. The van der Waals surface area contributed by atoms with E-state index in [9.17, 15) is 4.79 Å². The quantitative estimate of drug-likeness (QED) is 0.543. The van der Waals surface area contributed by atoms with Crippen LogP contribution in [0.5, 0.6) is 5.75 Å². The van der Waals surface area contributed by atoms with E-state index < -0.39 is 0 Å². The molecule has 0 aliphatic heterocycles. The molecule has 0 fully saturated rings. The molecule has 0 aliphatic carbocycles. The van der Waals surface area contributed by atoms with Gasteiger partial charge in [0.15, 0.2) is 6.61 Å². The fourth-order valence-electron chi connectivity index (χ4n) is 2.71. The van der Waals surface area contributed by atoms with Crippen LogP contribution in [0.2, 0.25) is 5.02 Å². The van der Waals surface area contributed by atoms with Crippen molar-refractivity contribution in [2.24, 2.45) is 0 Å². The second kappa shape index (κ2) is 9.28. The fraction of sp³-hybridized carbons (Fsp3) is 0.227. The summed E-state index contributed by atoms with van der Waals surface area (Å²) in [6.45, 7) is 2.80. The Balaban J connectivity index is 1.68. The van der Waals surface area contributed by atoms with Gasteiger partial charge in [-0.25, -0.2) is 0 Å². The molecule has 0 saturated carbocycles. The lowest BCUT2D eigenvalue weighted by Crippen LogP contribution is -2.34. The molecule has 0 unspecified atom stereocenters. The summed E-state index contributed by atoms with van der Waals surface area (Å²) in [4.78, 5) is 14.5. The largest absolute Gasteiger partial charge is 0.484 e. The van der Waals surface area contributed by atoms with Crippen LogP contribution >= 0.6 is 11.6 Å². The second-order valence-corrected chi connectivity index (χ2v) is 6.61. The minimum atomic E-state index is -0.133. The molecule has 3 rings (SSSR count). The van der Waals surface area contributed by atoms with Crippen molar-refractivity contribution in [3.05, 3.63) is 88.8 Å². The molecule has 5 heteroatoms. The van der Waals surface area contributed by atoms with Gasteiger partial charge in [0.05, 0.1) is 12.8 Å². The van der Waals surface area contributed by atoms with Gasteiger partial charge in [-0.1, -0.05) is 48.9 Å². The van der Waals surface area contributed by atoms with Crippen LogP contribution in [0.15, 0.2) is 71.3 Å². The van der Waals surface area contributed by atoms with Crippen molar-refractivity contribution in [1.29, 1.82) is 0 Å². The zero-order valence-corrected chi connectivity index (χ0v) is 16.0. The molecule has 27 heavy (non-hydrogen) atoms. The number of furan rings is 1. The van der Waals surface area contributed by atoms with Crippen LogP contribution < -0.4 is 4.74 Å². The normalized spacial score (nSPS) is 10.6. The number of hydrogen-bond acceptors (Lipinski definition) is 3. The molecule has 1 amide bonds. The molecule has 3 aromatic rings. The Labute approximate surface area is 164 Å². The van der Waals surface area contributed by atoms with E-state index in [2.05, 4.69) is 6.92 Å². The molecule has 0 spiro atoms. The Morgan fingerprint density at radius 2 is 1.81 bits per heavy atom. The van der Waals surface area contributed by atoms with Gasteiger partial charge in [-0.2, -0.15) is 0 Å². The van der Waals surface area contributed by atoms with Crippen molar-refractivity contribution < 1.29 is 13.9 Å². The van der Waals surface area contributed by atoms with Crippen LogP contribution in [0.4, 0.5) is 0 Å². The van der Waals surface area contributed by atoms with Crippen molar-refractivity contribution in [2.45, 2.75) is 26.4 Å². The van der Waals surface area contributed by atoms with E-state index in [-0.39, 0.29) is 12.5 Å². The van der Waals surface area contributed by atoms with Gasteiger partial charge in [-0.15, -0.1) is 0 Å². The summed E-state index contributed by atoms with van der Waals surface area (Å²) in [5.41, 5.74) is 2.11. The van der Waals surface area contributed by atoms with Crippen LogP contribution in [0, 0.1) is 0 Å². The van der Waals surface area contributed by atoms with Gasteiger partial charge in [-0.05, 0) is 47.9 Å². The van der Waals surface area contributed by atoms with E-state index in [1.165, 1.54) is 5.56 Å². The second-order valence-electron chi connectivity index (χ2n) is 6.21. The zero-order valence-electron chi connectivity index (χ0n) is 15.2. The highest BCUT2D eigenvalue weighted by Gasteiger charge is 2.18. The smallest absolute Gasteiger partial charge is 0.261 e. The summed E-state index contributed by atoms with van der Waals surface area (Å²) in [6.07, 6.45) is 2.56. The maximum absolute atomic E-state index is 12.8. The molecule has 0 bridgehead atoms. The first-order valence-electron chi connectivity index (χ1n) is 8.91. The van der Waals surface area contributed by atoms with E-state index in [0.29, 0.717) is 29.6 Å². The van der Waals surface area contributed by atoms with Crippen LogP contribution in [-0.2, 0) is 24.3 Å². The summed E-state index contributed by atoms with van der Waals surface area (Å²) in [6, 6.07) is 18.9. The first-order chi connectivity index (χ1) is 13.2. The SMILES string of the molecule is CCc1ccc(OCC(=O)N(Cc2ccco2)Cc2ccccc2Cl)cc1. The first-order valence-corrected chi connectivity index (χ1v) is 9.29. The van der Waals surface area contributed by atoms with Gasteiger partial charge in [0, 0.05) is 11.6 Å². The highest BCUT2D eigenvalue weighted by atomic mass is 35.5. The lowest BCUT2D eigenvalue weighted by Gasteiger charge is -2.22. The maximum Gasteiger partial charge on any atom is 0.261 e. The lowest BCUT2D eigenvalue weighted by atomic mass is 10.2. The van der Waals surface area contributed by atoms with E-state index in [1.54, 1.807) is 17.2 Å². The van der Waals surface area contributed by atoms with Gasteiger partial charge in [0.1, 0.15) is 11.5 Å². The standard InChI is InChI=1S/C22H22ClNO3/c1-2-17-9-11-19(12-10-17)27-16-22(25)24(15-20-7-5-13-26-20)14-18-6-3-4-8-21(18)23/h3-13H,2,14-16H2,1H3. The third-order valence-electron chi connectivity index (χ3n) is 4.29. The van der Waals surface area contributed by atoms with Gasteiger partial charge >= 0.3 is 0 Å². The third-order valence-corrected chi connectivity index (χ3v) is 4.66. The van der Waals surface area contributed by atoms with Gasteiger partial charge in [0.25, 0.3) is 5.91 Å². The first kappa shape index (κ1) is 19.1. The van der Waals surface area contributed by atoms with Gasteiger partial charge < -0.3 is 14.1 Å². The molecule has 0 aliphatic rings. The van der Waals surface area contributed by atoms with Crippen molar-refractivity contribution >= 4 is 17.5 Å². The van der Waals surface area contributed by atoms with Crippen LogP contribution in [0.3, 0.4) is 0 Å². The minimum Gasteiger partial charge on any atom is -0.484 e. The average molecular weight is 384 g/mol. The number of rotatable bonds is 8. The summed E-state index contributed by atoms with van der Waals surface area (Å²) >= 11 is 6.26. The van der Waals surface area contributed by atoms with Crippen molar-refractivity contribution in [3.63, 3.8) is 0 Å². The highest BCUT2D eigenvalue weighted by molar-refractivity contribution is 6.31. The van der Waals surface area contributed by atoms with E-state index in [0.717, 1.165) is 12.0 Å². The molecule has 0 radical (unpaired) electrons. The van der Waals surface area contributed by atoms with Crippen LogP contribution in [0.1, 0.15) is 23.8 Å². The number of amides is 1. The lowest BCUT2D eigenvalue weighted by molar-refractivity contribution is -0.134. The number of halogens is 1. The molecule has 4 nitrogen and oxygen atoms in total. The Hall–Kier alpha value is -2.72. The summed E-state index contributed by atoms with van der Waals surface area (Å²) in [5.74, 6) is 1.25. The number of carbonyl (C=O) groups excluding carboxylic acids is 1. The van der Waals surface area contributed by atoms with Gasteiger partial charge in [0.2, 0.25) is 0 Å². The summed E-state index contributed by atoms with van der Waals surface area (Å²) in [5, 5.41) is 0.630. The number of carbonyl (C=O) groups is 1. The van der Waals surface area contributed by atoms with Gasteiger partial charge in [-0.3, -0.25) is 4.79 Å². The van der Waals surface area contributed by atoms with Crippen LogP contribution in [0.25, 0.3) is 0 Å². The molecular weight excluding hydrogens is 362 g/mol. The number of ether oxygens (including phenoxy) is 1. The molecule has 1 heterocycles. The molecule has 0 atom stereocenters. The van der Waals surface area contributed by atoms with Crippen molar-refractivity contribution in [3.8, 4) is 5.75 Å². The van der Waals surface area contributed by atoms with E-state index >= 15 is 0 Å². The monoisotopic (exact) mass is 383 g/mol. The average Bonchev–Trinajstić information content (AvgIpc) is 3.21.